The maximum Gasteiger partial charge on any atom is 0.232 e. The summed E-state index contributed by atoms with van der Waals surface area (Å²) in [5.41, 5.74) is 0.340. The van der Waals surface area contributed by atoms with Crippen LogP contribution >= 0.6 is 23.2 Å². The average molecular weight is 367 g/mol. The molecule has 5 nitrogen and oxygen atoms in total. The van der Waals surface area contributed by atoms with Crippen molar-refractivity contribution in [2.45, 2.75) is 20.3 Å². The third-order valence-electron chi connectivity index (χ3n) is 2.81. The summed E-state index contributed by atoms with van der Waals surface area (Å²) in [5, 5.41) is 3.37. The highest BCUT2D eigenvalue weighted by Gasteiger charge is 2.20. The summed E-state index contributed by atoms with van der Waals surface area (Å²) >= 11 is 11.9. The number of anilines is 1. The van der Waals surface area contributed by atoms with Crippen LogP contribution in [0.2, 0.25) is 10.0 Å². The molecule has 0 spiro atoms. The normalized spacial score (nSPS) is 11.5. The Morgan fingerprint density at radius 1 is 1.32 bits per heavy atom. The minimum atomic E-state index is -3.52. The highest BCUT2D eigenvalue weighted by molar-refractivity contribution is 7.92. The van der Waals surface area contributed by atoms with E-state index < -0.39 is 10.0 Å². The molecule has 0 fully saturated rings. The molecule has 1 aromatic carbocycles. The van der Waals surface area contributed by atoms with E-state index >= 15 is 0 Å². The fourth-order valence-electron chi connectivity index (χ4n) is 1.89. The number of hydrogen-bond acceptors (Lipinski definition) is 3. The first-order valence-electron chi connectivity index (χ1n) is 6.80. The first-order valence-corrected chi connectivity index (χ1v) is 9.41. The topological polar surface area (TPSA) is 66.5 Å². The van der Waals surface area contributed by atoms with Crippen LogP contribution in [0.4, 0.5) is 5.69 Å². The van der Waals surface area contributed by atoms with Crippen LogP contribution in [0.1, 0.15) is 20.3 Å². The zero-order chi connectivity index (χ0) is 16.9. The van der Waals surface area contributed by atoms with E-state index in [1.54, 1.807) is 12.1 Å². The molecule has 0 aliphatic carbocycles. The van der Waals surface area contributed by atoms with Crippen molar-refractivity contribution in [3.05, 3.63) is 28.2 Å². The van der Waals surface area contributed by atoms with E-state index in [9.17, 15) is 13.2 Å². The summed E-state index contributed by atoms with van der Waals surface area (Å²) in [6.45, 7) is 4.19. The average Bonchev–Trinajstić information content (AvgIpc) is 2.33. The van der Waals surface area contributed by atoms with Crippen molar-refractivity contribution >= 4 is 44.8 Å². The van der Waals surface area contributed by atoms with Gasteiger partial charge < -0.3 is 5.32 Å². The largest absolute Gasteiger partial charge is 0.354 e. The Morgan fingerprint density at radius 3 is 2.45 bits per heavy atom. The van der Waals surface area contributed by atoms with Crippen LogP contribution in [0.5, 0.6) is 0 Å². The third-order valence-corrected chi connectivity index (χ3v) is 4.53. The van der Waals surface area contributed by atoms with Gasteiger partial charge >= 0.3 is 0 Å². The fraction of sp³-hybridized carbons (Fsp3) is 0.500. The lowest BCUT2D eigenvalue weighted by Gasteiger charge is -2.23. The van der Waals surface area contributed by atoms with Crippen molar-refractivity contribution in [3.63, 3.8) is 0 Å². The second-order valence-electron chi connectivity index (χ2n) is 5.38. The van der Waals surface area contributed by atoms with Gasteiger partial charge in [-0.15, -0.1) is 0 Å². The molecule has 1 rings (SSSR count). The van der Waals surface area contributed by atoms with Crippen LogP contribution in [0.25, 0.3) is 0 Å². The Labute approximate surface area is 141 Å². The smallest absolute Gasteiger partial charge is 0.232 e. The number of hydrogen-bond donors (Lipinski definition) is 1. The monoisotopic (exact) mass is 366 g/mol. The van der Waals surface area contributed by atoms with Gasteiger partial charge in [-0.2, -0.15) is 0 Å². The second-order valence-corrected chi connectivity index (χ2v) is 8.13. The van der Waals surface area contributed by atoms with Gasteiger partial charge in [0.2, 0.25) is 15.9 Å². The maximum absolute atomic E-state index is 11.9. The van der Waals surface area contributed by atoms with Gasteiger partial charge in [0.05, 0.1) is 23.5 Å². The fourth-order valence-corrected chi connectivity index (χ4v) is 3.39. The second kappa shape index (κ2) is 8.04. The van der Waals surface area contributed by atoms with Gasteiger partial charge in [-0.25, -0.2) is 8.42 Å². The molecule has 0 aliphatic heterocycles. The van der Waals surface area contributed by atoms with Gasteiger partial charge in [0.15, 0.2) is 0 Å². The summed E-state index contributed by atoms with van der Waals surface area (Å²) in [6.07, 6.45) is 1.49. The highest BCUT2D eigenvalue weighted by Crippen LogP contribution is 2.30. The van der Waals surface area contributed by atoms with E-state index in [0.29, 0.717) is 17.1 Å². The van der Waals surface area contributed by atoms with E-state index in [1.807, 2.05) is 13.8 Å². The molecule has 1 N–H and O–H groups in total. The van der Waals surface area contributed by atoms with Gasteiger partial charge in [-0.1, -0.05) is 37.0 Å². The van der Waals surface area contributed by atoms with Gasteiger partial charge in [0.1, 0.15) is 0 Å². The quantitative estimate of drug-likeness (QED) is 0.806. The highest BCUT2D eigenvalue weighted by atomic mass is 35.5. The first kappa shape index (κ1) is 19.1. The first-order chi connectivity index (χ1) is 10.1. The molecule has 0 heterocycles. The summed E-state index contributed by atoms with van der Waals surface area (Å²) in [4.78, 5) is 11.6. The zero-order valence-electron chi connectivity index (χ0n) is 12.8. The molecule has 0 bridgehead atoms. The lowest BCUT2D eigenvalue weighted by molar-refractivity contribution is -0.121. The van der Waals surface area contributed by atoms with Crippen molar-refractivity contribution in [2.24, 2.45) is 5.92 Å². The predicted molar refractivity (Wildman–Crippen MR) is 91.1 cm³/mol. The summed E-state index contributed by atoms with van der Waals surface area (Å²) < 4.78 is 25.0. The van der Waals surface area contributed by atoms with Crippen LogP contribution in [0.3, 0.4) is 0 Å². The van der Waals surface area contributed by atoms with E-state index in [1.165, 1.54) is 6.07 Å². The Bertz CT molecular complexity index is 633. The molecule has 0 atom stereocenters. The number of carbonyl (C=O) groups excluding carboxylic acids is 1. The molecule has 0 radical (unpaired) electrons. The minimum Gasteiger partial charge on any atom is -0.354 e. The van der Waals surface area contributed by atoms with Gasteiger partial charge in [-0.05, 0) is 24.1 Å². The van der Waals surface area contributed by atoms with Crippen LogP contribution in [-0.2, 0) is 14.8 Å². The molecular weight excluding hydrogens is 347 g/mol. The SMILES string of the molecule is CC(C)CC(=O)NCCN(c1ccc(Cl)cc1Cl)S(C)(=O)=O. The van der Waals surface area contributed by atoms with Crippen molar-refractivity contribution in [3.8, 4) is 0 Å². The zero-order valence-corrected chi connectivity index (χ0v) is 15.1. The van der Waals surface area contributed by atoms with Crippen LogP contribution < -0.4 is 9.62 Å². The molecule has 1 aromatic rings. The van der Waals surface area contributed by atoms with Crippen molar-refractivity contribution < 1.29 is 13.2 Å². The van der Waals surface area contributed by atoms with Crippen LogP contribution in [0.15, 0.2) is 18.2 Å². The summed E-state index contributed by atoms with van der Waals surface area (Å²) in [7, 11) is -3.52. The molecule has 124 valence electrons. The number of nitrogens with one attached hydrogen (secondary N) is 1. The number of carbonyl (C=O) groups is 1. The van der Waals surface area contributed by atoms with Crippen LogP contribution in [-0.4, -0.2) is 33.7 Å². The Kier molecular flexibility index (Phi) is 6.97. The Hall–Kier alpha value is -0.980. The van der Waals surface area contributed by atoms with Gasteiger partial charge in [-0.3, -0.25) is 9.10 Å². The lowest BCUT2D eigenvalue weighted by Crippen LogP contribution is -2.38. The molecule has 0 saturated heterocycles. The van der Waals surface area contributed by atoms with Crippen molar-refractivity contribution in [2.75, 3.05) is 23.7 Å². The van der Waals surface area contributed by atoms with Crippen molar-refractivity contribution in [1.29, 1.82) is 0 Å². The van der Waals surface area contributed by atoms with E-state index in [4.69, 9.17) is 23.2 Å². The summed E-state index contributed by atoms with van der Waals surface area (Å²) in [5.74, 6) is 0.141. The van der Waals surface area contributed by atoms with E-state index in [-0.39, 0.29) is 29.9 Å². The number of amides is 1. The third kappa shape index (κ3) is 6.02. The molecule has 8 heteroatoms. The van der Waals surface area contributed by atoms with Crippen molar-refractivity contribution in [1.82, 2.24) is 5.32 Å². The predicted octanol–water partition coefficient (Wildman–Crippen LogP) is 2.92. The maximum atomic E-state index is 11.9. The minimum absolute atomic E-state index is 0.101. The number of rotatable bonds is 7. The van der Waals surface area contributed by atoms with Gasteiger partial charge in [0.25, 0.3) is 0 Å². The molecule has 0 aromatic heterocycles. The molecule has 0 unspecified atom stereocenters. The standard InChI is InChI=1S/C14H20Cl2N2O3S/c1-10(2)8-14(19)17-6-7-18(22(3,20)21)13-5-4-11(15)9-12(13)16/h4-5,9-10H,6-8H2,1-3H3,(H,17,19). The number of sulfonamides is 1. The Balaban J connectivity index is 2.81. The van der Waals surface area contributed by atoms with Gasteiger partial charge in [0, 0.05) is 18.0 Å². The van der Waals surface area contributed by atoms with Crippen LogP contribution in [0, 0.1) is 5.92 Å². The number of benzene rings is 1. The molecule has 22 heavy (non-hydrogen) atoms. The molecule has 1 amide bonds. The molecule has 0 saturated carbocycles. The number of nitrogens with zero attached hydrogens (tertiary/aromatic N) is 1. The Morgan fingerprint density at radius 2 is 1.95 bits per heavy atom. The number of halogens is 2. The van der Waals surface area contributed by atoms with E-state index in [0.717, 1.165) is 10.6 Å². The van der Waals surface area contributed by atoms with E-state index in [2.05, 4.69) is 5.32 Å². The molecular formula is C14H20Cl2N2O3S. The lowest BCUT2D eigenvalue weighted by atomic mass is 10.1. The molecule has 0 aliphatic rings. The summed E-state index contributed by atoms with van der Waals surface area (Å²) in [6, 6.07) is 4.59.